The molecule has 86 valence electrons. The van der Waals surface area contributed by atoms with Crippen LogP contribution in [0, 0.1) is 11.8 Å². The van der Waals surface area contributed by atoms with Crippen LogP contribution in [-0.2, 0) is 0 Å². The van der Waals surface area contributed by atoms with Crippen molar-refractivity contribution in [3.8, 4) is 11.5 Å². The van der Waals surface area contributed by atoms with E-state index in [0.717, 1.165) is 23.3 Å². The Labute approximate surface area is 104 Å². The molecule has 0 amide bonds. The molecule has 1 aromatic carbocycles. The van der Waals surface area contributed by atoms with Gasteiger partial charge in [0.05, 0.1) is 0 Å². The minimum absolute atomic E-state index is 0.457. The van der Waals surface area contributed by atoms with Crippen LogP contribution in [0.3, 0.4) is 0 Å². The van der Waals surface area contributed by atoms with Crippen molar-refractivity contribution in [3.05, 3.63) is 23.8 Å². The van der Waals surface area contributed by atoms with E-state index in [1.165, 1.54) is 12.0 Å². The molecule has 2 aliphatic rings. The van der Waals surface area contributed by atoms with Gasteiger partial charge in [-0.3, -0.25) is 0 Å². The molecule has 1 aliphatic heterocycles. The van der Waals surface area contributed by atoms with Crippen LogP contribution in [0.5, 0.6) is 11.5 Å². The van der Waals surface area contributed by atoms with Crippen molar-refractivity contribution >= 4 is 15.9 Å². The Morgan fingerprint density at radius 1 is 1.25 bits per heavy atom. The lowest BCUT2D eigenvalue weighted by atomic mass is 10.1. The van der Waals surface area contributed by atoms with Gasteiger partial charge in [0.15, 0.2) is 11.5 Å². The molecule has 0 N–H and O–H groups in total. The number of rotatable bonds is 2. The average molecular weight is 283 g/mol. The quantitative estimate of drug-likeness (QED) is 0.773. The van der Waals surface area contributed by atoms with Crippen LogP contribution in [0.2, 0.25) is 0 Å². The summed E-state index contributed by atoms with van der Waals surface area (Å²) in [6.45, 7) is 3.62. The number of benzene rings is 1. The molecule has 1 saturated carbocycles. The van der Waals surface area contributed by atoms with E-state index in [1.807, 2.05) is 6.07 Å². The van der Waals surface area contributed by atoms with Gasteiger partial charge in [-0.05, 0) is 36.0 Å². The predicted molar refractivity (Wildman–Crippen MR) is 66.4 cm³/mol. The highest BCUT2D eigenvalue weighted by Crippen LogP contribution is 2.52. The second kappa shape index (κ2) is 3.95. The molecule has 0 aromatic heterocycles. The van der Waals surface area contributed by atoms with Crippen LogP contribution in [0.15, 0.2) is 18.2 Å². The van der Waals surface area contributed by atoms with Crippen LogP contribution in [-0.4, -0.2) is 13.2 Å². The first-order valence-corrected chi connectivity index (χ1v) is 6.71. The number of ether oxygens (including phenoxy) is 2. The van der Waals surface area contributed by atoms with E-state index in [9.17, 15) is 0 Å². The van der Waals surface area contributed by atoms with Crippen molar-refractivity contribution in [1.82, 2.24) is 0 Å². The Balaban J connectivity index is 1.85. The number of alkyl halides is 1. The fourth-order valence-corrected chi connectivity index (χ4v) is 3.26. The van der Waals surface area contributed by atoms with Gasteiger partial charge in [0.2, 0.25) is 0 Å². The van der Waals surface area contributed by atoms with Crippen LogP contribution < -0.4 is 9.47 Å². The maximum Gasteiger partial charge on any atom is 0.161 e. The lowest BCUT2D eigenvalue weighted by Crippen LogP contribution is -2.15. The minimum atomic E-state index is 0.457. The van der Waals surface area contributed by atoms with E-state index in [4.69, 9.17) is 9.47 Å². The first kappa shape index (κ1) is 10.5. The Hall–Kier alpha value is -0.700. The van der Waals surface area contributed by atoms with Gasteiger partial charge in [-0.1, -0.05) is 28.9 Å². The molecule has 0 spiro atoms. The van der Waals surface area contributed by atoms with Gasteiger partial charge in [-0.2, -0.15) is 0 Å². The van der Waals surface area contributed by atoms with Gasteiger partial charge in [-0.15, -0.1) is 0 Å². The molecule has 3 unspecified atom stereocenters. The Bertz CT molecular complexity index is 405. The molecule has 3 rings (SSSR count). The van der Waals surface area contributed by atoms with E-state index in [0.29, 0.717) is 18.0 Å². The Morgan fingerprint density at radius 3 is 2.62 bits per heavy atom. The maximum absolute atomic E-state index is 5.60. The average Bonchev–Trinajstić information content (AvgIpc) is 3.05. The Morgan fingerprint density at radius 2 is 1.94 bits per heavy atom. The summed E-state index contributed by atoms with van der Waals surface area (Å²) in [4.78, 5) is 0.457. The normalized spacial score (nSPS) is 28.6. The molecule has 2 nitrogen and oxygen atoms in total. The molecule has 1 heterocycles. The predicted octanol–water partition coefficient (Wildman–Crippen LogP) is 3.55. The fraction of sp³-hybridized carbons (Fsp3) is 0.538. The van der Waals surface area contributed by atoms with Crippen molar-refractivity contribution in [2.24, 2.45) is 11.8 Å². The third-order valence-electron chi connectivity index (χ3n) is 3.43. The van der Waals surface area contributed by atoms with Gasteiger partial charge < -0.3 is 9.47 Å². The van der Waals surface area contributed by atoms with Crippen LogP contribution in [0.4, 0.5) is 0 Å². The second-order valence-electron chi connectivity index (χ2n) is 4.68. The van der Waals surface area contributed by atoms with Gasteiger partial charge >= 0.3 is 0 Å². The molecule has 16 heavy (non-hydrogen) atoms. The van der Waals surface area contributed by atoms with Crippen molar-refractivity contribution in [1.29, 1.82) is 0 Å². The zero-order valence-corrected chi connectivity index (χ0v) is 10.9. The lowest BCUT2D eigenvalue weighted by Gasteiger charge is -2.20. The van der Waals surface area contributed by atoms with E-state index >= 15 is 0 Å². The van der Waals surface area contributed by atoms with Crippen molar-refractivity contribution < 1.29 is 9.47 Å². The van der Waals surface area contributed by atoms with Crippen LogP contribution in [0.1, 0.15) is 23.7 Å². The number of hydrogen-bond acceptors (Lipinski definition) is 2. The number of halogens is 1. The largest absolute Gasteiger partial charge is 0.486 e. The zero-order chi connectivity index (χ0) is 11.1. The summed E-state index contributed by atoms with van der Waals surface area (Å²) in [5.74, 6) is 3.39. The van der Waals surface area contributed by atoms with Crippen LogP contribution >= 0.6 is 15.9 Å². The third kappa shape index (κ3) is 1.81. The van der Waals surface area contributed by atoms with Crippen LogP contribution in [0.25, 0.3) is 0 Å². The topological polar surface area (TPSA) is 18.5 Å². The lowest BCUT2D eigenvalue weighted by molar-refractivity contribution is 0.171. The van der Waals surface area contributed by atoms with E-state index in [2.05, 4.69) is 35.0 Å². The molecule has 3 heteroatoms. The first-order chi connectivity index (χ1) is 7.75. The molecule has 0 bridgehead atoms. The van der Waals surface area contributed by atoms with Crippen molar-refractivity contribution in [2.45, 2.75) is 18.2 Å². The monoisotopic (exact) mass is 282 g/mol. The molecule has 1 fully saturated rings. The summed E-state index contributed by atoms with van der Waals surface area (Å²) >= 11 is 3.78. The third-order valence-corrected chi connectivity index (χ3v) is 4.64. The standard InChI is InChI=1S/C13H15BrO2/c1-8-6-10(8)13(14)9-2-3-11-12(7-9)16-5-4-15-11/h2-3,7-8,10,13H,4-6H2,1H3. The maximum atomic E-state index is 5.60. The molecule has 0 saturated heterocycles. The summed E-state index contributed by atoms with van der Waals surface area (Å²) in [7, 11) is 0. The van der Waals surface area contributed by atoms with Gasteiger partial charge in [0, 0.05) is 4.83 Å². The highest BCUT2D eigenvalue weighted by Gasteiger charge is 2.39. The summed E-state index contributed by atoms with van der Waals surface area (Å²) in [6.07, 6.45) is 1.32. The van der Waals surface area contributed by atoms with Gasteiger partial charge in [0.25, 0.3) is 0 Å². The highest BCUT2D eigenvalue weighted by molar-refractivity contribution is 9.09. The van der Waals surface area contributed by atoms with Crippen molar-refractivity contribution in [2.75, 3.05) is 13.2 Å². The molecular weight excluding hydrogens is 268 g/mol. The molecule has 0 radical (unpaired) electrons. The van der Waals surface area contributed by atoms with E-state index < -0.39 is 0 Å². The smallest absolute Gasteiger partial charge is 0.161 e. The molecule has 3 atom stereocenters. The minimum Gasteiger partial charge on any atom is -0.486 e. The van der Waals surface area contributed by atoms with E-state index in [1.54, 1.807) is 0 Å². The Kier molecular flexibility index (Phi) is 2.58. The number of hydrogen-bond donors (Lipinski definition) is 0. The van der Waals surface area contributed by atoms with Gasteiger partial charge in [0.1, 0.15) is 13.2 Å². The zero-order valence-electron chi connectivity index (χ0n) is 9.28. The second-order valence-corrected chi connectivity index (χ2v) is 5.67. The highest BCUT2D eigenvalue weighted by atomic mass is 79.9. The molecular formula is C13H15BrO2. The van der Waals surface area contributed by atoms with Crippen molar-refractivity contribution in [3.63, 3.8) is 0 Å². The molecule has 1 aliphatic carbocycles. The summed E-state index contributed by atoms with van der Waals surface area (Å²) in [5, 5.41) is 0. The molecule has 1 aromatic rings. The summed E-state index contributed by atoms with van der Waals surface area (Å²) < 4.78 is 11.1. The SMILES string of the molecule is CC1CC1C(Br)c1ccc2c(c1)OCCO2. The summed E-state index contributed by atoms with van der Waals surface area (Å²) in [6, 6.07) is 6.27. The van der Waals surface area contributed by atoms with E-state index in [-0.39, 0.29) is 0 Å². The van der Waals surface area contributed by atoms with Gasteiger partial charge in [-0.25, -0.2) is 0 Å². The summed E-state index contributed by atoms with van der Waals surface area (Å²) in [5.41, 5.74) is 1.30. The number of fused-ring (bicyclic) bond motifs is 1. The first-order valence-electron chi connectivity index (χ1n) is 5.79. The fourth-order valence-electron chi connectivity index (χ4n) is 2.24.